The van der Waals surface area contributed by atoms with Crippen LogP contribution in [0.15, 0.2) is 36.4 Å². The maximum atomic E-state index is 13.2. The molecule has 44 heavy (non-hydrogen) atoms. The maximum absolute atomic E-state index is 13.2. The lowest BCUT2D eigenvalue weighted by atomic mass is 9.80. The average molecular weight is 601 g/mol. The number of rotatable bonds is 9. The third-order valence-electron chi connectivity index (χ3n) is 10.2. The highest BCUT2D eigenvalue weighted by atomic mass is 16.2. The number of carbonyl (C=O) groups excluding carboxylic acids is 3. The van der Waals surface area contributed by atoms with Crippen LogP contribution in [0.4, 0.5) is 0 Å². The minimum absolute atomic E-state index is 0.108. The molecule has 236 valence electrons. The second-order valence-corrected chi connectivity index (χ2v) is 13.4. The van der Waals surface area contributed by atoms with Gasteiger partial charge in [0.1, 0.15) is 17.1 Å². The van der Waals surface area contributed by atoms with Crippen LogP contribution in [-0.4, -0.2) is 50.8 Å². The lowest BCUT2D eigenvalue weighted by molar-refractivity contribution is 0.0915. The van der Waals surface area contributed by atoms with Crippen molar-refractivity contribution >= 4 is 17.7 Å². The molecule has 3 aliphatic rings. The van der Waals surface area contributed by atoms with Crippen molar-refractivity contribution in [3.63, 3.8) is 0 Å². The first-order chi connectivity index (χ1) is 21.4. The smallest absolute Gasteiger partial charge is 0.267 e. The number of H-pyrrole nitrogens is 3. The van der Waals surface area contributed by atoms with Gasteiger partial charge in [-0.05, 0) is 81.8 Å². The molecule has 3 heterocycles. The summed E-state index contributed by atoms with van der Waals surface area (Å²) in [5.41, 5.74) is 3.03. The molecule has 9 heteroatoms. The van der Waals surface area contributed by atoms with Gasteiger partial charge in [-0.15, -0.1) is 0 Å². The number of amides is 3. The van der Waals surface area contributed by atoms with Gasteiger partial charge in [-0.25, -0.2) is 0 Å². The molecule has 3 fully saturated rings. The number of carbonyl (C=O) groups is 3. The highest BCUT2D eigenvalue weighted by Gasteiger charge is 2.37. The Labute approximate surface area is 260 Å². The van der Waals surface area contributed by atoms with E-state index in [1.165, 1.54) is 19.3 Å². The molecule has 0 aliphatic heterocycles. The number of hydrogen-bond donors (Lipinski definition) is 6. The molecule has 0 radical (unpaired) electrons. The molecule has 3 amide bonds. The van der Waals surface area contributed by atoms with Crippen LogP contribution in [0.25, 0.3) is 0 Å². The predicted molar refractivity (Wildman–Crippen MR) is 171 cm³/mol. The highest BCUT2D eigenvalue weighted by Crippen LogP contribution is 2.38. The Kier molecular flexibility index (Phi) is 9.28. The monoisotopic (exact) mass is 600 g/mol. The topological polar surface area (TPSA) is 135 Å². The van der Waals surface area contributed by atoms with Crippen LogP contribution >= 0.6 is 0 Å². The highest BCUT2D eigenvalue weighted by molar-refractivity contribution is 5.94. The van der Waals surface area contributed by atoms with E-state index < -0.39 is 5.41 Å². The quantitative estimate of drug-likeness (QED) is 0.174. The molecule has 3 aromatic heterocycles. The first kappa shape index (κ1) is 30.3. The summed E-state index contributed by atoms with van der Waals surface area (Å²) >= 11 is 0. The van der Waals surface area contributed by atoms with E-state index in [1.54, 1.807) is 0 Å². The lowest BCUT2D eigenvalue weighted by Gasteiger charge is -2.28. The molecule has 0 spiro atoms. The second-order valence-electron chi connectivity index (χ2n) is 13.4. The van der Waals surface area contributed by atoms with E-state index in [9.17, 15) is 14.4 Å². The second kappa shape index (κ2) is 13.5. The largest absolute Gasteiger partial charge is 0.353 e. The van der Waals surface area contributed by atoms with E-state index in [0.29, 0.717) is 17.1 Å². The van der Waals surface area contributed by atoms with E-state index >= 15 is 0 Å². The van der Waals surface area contributed by atoms with Crippen molar-refractivity contribution in [1.29, 1.82) is 0 Å². The molecule has 3 aromatic rings. The van der Waals surface area contributed by atoms with Crippen LogP contribution in [0.2, 0.25) is 0 Å². The van der Waals surface area contributed by atoms with Crippen LogP contribution in [0.3, 0.4) is 0 Å². The SMILES string of the molecule is CC(c1ccc(C(=O)NC2CCCCC2)[nH]1)(c1ccc(C(=O)NC2CCCCC2)[nH]1)c1ccc(C(=O)NC2CCCCC2)[nH]1. The summed E-state index contributed by atoms with van der Waals surface area (Å²) in [5, 5.41) is 9.61. The van der Waals surface area contributed by atoms with Gasteiger partial charge in [-0.3, -0.25) is 14.4 Å². The molecule has 6 N–H and O–H groups in total. The number of nitrogens with one attached hydrogen (secondary N) is 6. The summed E-state index contributed by atoms with van der Waals surface area (Å²) in [6, 6.07) is 11.9. The van der Waals surface area contributed by atoms with Gasteiger partial charge in [-0.2, -0.15) is 0 Å². The van der Waals surface area contributed by atoms with Gasteiger partial charge in [-0.1, -0.05) is 57.8 Å². The molecular weight excluding hydrogens is 552 g/mol. The van der Waals surface area contributed by atoms with Gasteiger partial charge in [0.05, 0.1) is 5.41 Å². The summed E-state index contributed by atoms with van der Waals surface area (Å²) in [6.45, 7) is 2.05. The van der Waals surface area contributed by atoms with Crippen LogP contribution in [0.5, 0.6) is 0 Å². The fourth-order valence-corrected chi connectivity index (χ4v) is 7.42. The van der Waals surface area contributed by atoms with Crippen LogP contribution in [0.1, 0.15) is 152 Å². The molecule has 0 aromatic carbocycles. The van der Waals surface area contributed by atoms with Crippen LogP contribution < -0.4 is 16.0 Å². The standard InChI is InChI=1S/C35H48N6O3/c1-35(29-20-17-26(39-29)32(42)36-23-11-5-2-6-12-23,30-21-18-27(40-30)33(43)37-24-13-7-3-8-14-24)31-22-19-28(41-31)34(44)38-25-15-9-4-10-16-25/h17-25,39-41H,2-16H2,1H3,(H,36,42)(H,37,43)(H,38,44). The van der Waals surface area contributed by atoms with E-state index in [2.05, 4.69) is 30.9 Å². The molecule has 0 atom stereocenters. The summed E-state index contributed by atoms with van der Waals surface area (Å²) in [7, 11) is 0. The number of aromatic nitrogens is 3. The molecule has 6 rings (SSSR count). The molecule has 9 nitrogen and oxygen atoms in total. The Hall–Kier alpha value is -3.75. The Morgan fingerprint density at radius 1 is 0.500 bits per heavy atom. The first-order valence-corrected chi connectivity index (χ1v) is 16.9. The van der Waals surface area contributed by atoms with Gasteiger partial charge in [0.25, 0.3) is 17.7 Å². The van der Waals surface area contributed by atoms with E-state index in [-0.39, 0.29) is 35.8 Å². The maximum Gasteiger partial charge on any atom is 0.267 e. The zero-order valence-electron chi connectivity index (χ0n) is 26.0. The van der Waals surface area contributed by atoms with Crippen molar-refractivity contribution in [1.82, 2.24) is 30.9 Å². The van der Waals surface area contributed by atoms with Gasteiger partial charge in [0.2, 0.25) is 0 Å². The number of hydrogen-bond acceptors (Lipinski definition) is 3. The Balaban J connectivity index is 1.27. The Morgan fingerprint density at radius 2 is 0.773 bits per heavy atom. The average Bonchev–Trinajstić information content (AvgIpc) is 3.84. The van der Waals surface area contributed by atoms with Gasteiger partial charge in [0, 0.05) is 35.2 Å². The molecule has 0 bridgehead atoms. The summed E-state index contributed by atoms with van der Waals surface area (Å²) < 4.78 is 0. The van der Waals surface area contributed by atoms with E-state index in [4.69, 9.17) is 0 Å². The minimum Gasteiger partial charge on any atom is -0.353 e. The van der Waals surface area contributed by atoms with Crippen molar-refractivity contribution in [3.8, 4) is 0 Å². The fraction of sp³-hybridized carbons (Fsp3) is 0.571. The lowest BCUT2D eigenvalue weighted by Crippen LogP contribution is -2.37. The van der Waals surface area contributed by atoms with Crippen molar-refractivity contribution < 1.29 is 14.4 Å². The predicted octanol–water partition coefficient (Wildman–Crippen LogP) is 6.21. The first-order valence-electron chi connectivity index (χ1n) is 16.9. The normalized spacial score (nSPS) is 19.0. The molecule has 0 unspecified atom stereocenters. The van der Waals surface area contributed by atoms with Crippen molar-refractivity contribution in [2.75, 3.05) is 0 Å². The third kappa shape index (κ3) is 6.66. The van der Waals surface area contributed by atoms with Gasteiger partial charge < -0.3 is 30.9 Å². The van der Waals surface area contributed by atoms with Crippen molar-refractivity contribution in [2.45, 2.75) is 127 Å². The van der Waals surface area contributed by atoms with Gasteiger partial charge in [0.15, 0.2) is 0 Å². The van der Waals surface area contributed by atoms with E-state index in [1.807, 2.05) is 43.3 Å². The van der Waals surface area contributed by atoms with Crippen LogP contribution in [0, 0.1) is 0 Å². The van der Waals surface area contributed by atoms with Gasteiger partial charge >= 0.3 is 0 Å². The third-order valence-corrected chi connectivity index (χ3v) is 10.2. The summed E-state index contributed by atoms with van der Waals surface area (Å²) in [4.78, 5) is 49.9. The van der Waals surface area contributed by atoms with E-state index in [0.717, 1.165) is 94.1 Å². The Bertz CT molecular complexity index is 1260. The van der Waals surface area contributed by atoms with Crippen molar-refractivity contribution in [3.05, 3.63) is 70.6 Å². The molecule has 3 saturated carbocycles. The molecular formula is C35H48N6O3. The Morgan fingerprint density at radius 3 is 1.05 bits per heavy atom. The molecule has 0 saturated heterocycles. The van der Waals surface area contributed by atoms with Crippen molar-refractivity contribution in [2.24, 2.45) is 0 Å². The fourth-order valence-electron chi connectivity index (χ4n) is 7.42. The summed E-state index contributed by atoms with van der Waals surface area (Å²) in [5.74, 6) is -0.323. The number of aromatic amines is 3. The molecule has 3 aliphatic carbocycles. The minimum atomic E-state index is -0.823. The zero-order valence-corrected chi connectivity index (χ0v) is 26.0. The summed E-state index contributed by atoms with van der Waals surface area (Å²) in [6.07, 6.45) is 16.6. The van der Waals surface area contributed by atoms with Crippen LogP contribution in [-0.2, 0) is 5.41 Å². The zero-order chi connectivity index (χ0) is 30.5.